The Bertz CT molecular complexity index is 314. The maximum Gasteiger partial charge on any atom is 0.0713 e. The molecule has 1 aromatic carbocycles. The second-order valence-corrected chi connectivity index (χ2v) is 5.49. The van der Waals surface area contributed by atoms with E-state index in [1.54, 1.807) is 0 Å². The number of nitrogens with one attached hydrogen (secondary N) is 1. The smallest absolute Gasteiger partial charge is 0.0713 e. The van der Waals surface area contributed by atoms with Crippen molar-refractivity contribution < 1.29 is 0 Å². The average Bonchev–Trinajstić information content (AvgIpc) is 2.26. The van der Waals surface area contributed by atoms with E-state index in [0.717, 1.165) is 6.54 Å². The van der Waals surface area contributed by atoms with Gasteiger partial charge in [0.25, 0.3) is 0 Å². The van der Waals surface area contributed by atoms with Crippen molar-refractivity contribution in [1.29, 1.82) is 0 Å². The van der Waals surface area contributed by atoms with Crippen LogP contribution in [0.1, 0.15) is 44.7 Å². The molecule has 1 N–H and O–H groups in total. The topological polar surface area (TPSA) is 12.0 Å². The van der Waals surface area contributed by atoms with Gasteiger partial charge in [-0.05, 0) is 17.0 Å². The molecule has 1 nitrogen and oxygen atoms in total. The fraction of sp³-hybridized carbons (Fsp3) is 0.571. The van der Waals surface area contributed by atoms with Gasteiger partial charge in [-0.1, -0.05) is 52.0 Å². The molecule has 0 spiro atoms. The Morgan fingerprint density at radius 2 is 1.75 bits per heavy atom. The molecule has 0 bridgehead atoms. The van der Waals surface area contributed by atoms with Crippen LogP contribution < -0.4 is 5.32 Å². The second kappa shape index (κ2) is 5.70. The zero-order valence-electron chi connectivity index (χ0n) is 10.7. The molecule has 1 aromatic rings. The van der Waals surface area contributed by atoms with Crippen molar-refractivity contribution in [3.8, 4) is 0 Å². The molecular weight excluding hydrogens is 218 g/mol. The van der Waals surface area contributed by atoms with Crippen molar-refractivity contribution in [2.75, 3.05) is 12.5 Å². The third kappa shape index (κ3) is 3.50. The highest BCUT2D eigenvalue weighted by atomic mass is 35.5. The number of hydrogen-bond donors (Lipinski definition) is 1. The van der Waals surface area contributed by atoms with E-state index in [-0.39, 0.29) is 5.41 Å². The molecule has 0 fully saturated rings. The highest BCUT2D eigenvalue weighted by Gasteiger charge is 2.19. The van der Waals surface area contributed by atoms with Gasteiger partial charge in [-0.3, -0.25) is 0 Å². The number of benzene rings is 1. The van der Waals surface area contributed by atoms with E-state index in [1.165, 1.54) is 11.1 Å². The van der Waals surface area contributed by atoms with Gasteiger partial charge < -0.3 is 5.32 Å². The van der Waals surface area contributed by atoms with Crippen LogP contribution in [-0.2, 0) is 5.41 Å². The van der Waals surface area contributed by atoms with Crippen LogP contribution in [0.2, 0.25) is 0 Å². The van der Waals surface area contributed by atoms with E-state index < -0.39 is 0 Å². The molecule has 0 amide bonds. The van der Waals surface area contributed by atoms with Gasteiger partial charge in [0, 0.05) is 12.0 Å². The first kappa shape index (κ1) is 13.5. The van der Waals surface area contributed by atoms with Gasteiger partial charge in [0.1, 0.15) is 0 Å². The summed E-state index contributed by atoms with van der Waals surface area (Å²) in [7, 11) is 0. The van der Waals surface area contributed by atoms with Crippen LogP contribution in [0, 0.1) is 0 Å². The maximum atomic E-state index is 5.65. The van der Waals surface area contributed by atoms with Crippen molar-refractivity contribution in [2.24, 2.45) is 0 Å². The first-order valence-electron chi connectivity index (χ1n) is 5.84. The van der Waals surface area contributed by atoms with Crippen LogP contribution in [0.25, 0.3) is 0 Å². The lowest BCUT2D eigenvalue weighted by atomic mass is 9.83. The number of halogens is 1. The second-order valence-electron chi connectivity index (χ2n) is 5.22. The molecule has 1 rings (SSSR count). The summed E-state index contributed by atoms with van der Waals surface area (Å²) >= 11 is 5.65. The van der Waals surface area contributed by atoms with Crippen molar-refractivity contribution in [1.82, 2.24) is 5.32 Å². The van der Waals surface area contributed by atoms with E-state index in [4.69, 9.17) is 11.6 Å². The monoisotopic (exact) mass is 239 g/mol. The molecule has 90 valence electrons. The maximum absolute atomic E-state index is 5.65. The number of alkyl halides is 1. The molecule has 0 aliphatic rings. The first-order valence-corrected chi connectivity index (χ1v) is 6.38. The summed E-state index contributed by atoms with van der Waals surface area (Å²) in [6.45, 7) is 9.80. The van der Waals surface area contributed by atoms with E-state index in [2.05, 4.69) is 57.3 Å². The molecule has 0 aliphatic carbocycles. The standard InChI is InChI=1S/C14H22ClN/c1-11(2)12-5-7-13(8-6-12)14(3,4)9-16-10-15/h5-8,11,16H,9-10H2,1-4H3. The van der Waals surface area contributed by atoms with Gasteiger partial charge in [-0.25, -0.2) is 0 Å². The Morgan fingerprint density at radius 3 is 2.19 bits per heavy atom. The molecule has 16 heavy (non-hydrogen) atoms. The Kier molecular flexibility index (Phi) is 4.82. The van der Waals surface area contributed by atoms with Crippen LogP contribution in [0.15, 0.2) is 24.3 Å². The normalized spacial score (nSPS) is 12.1. The predicted molar refractivity (Wildman–Crippen MR) is 72.3 cm³/mol. The minimum absolute atomic E-state index is 0.129. The third-order valence-corrected chi connectivity index (χ3v) is 3.21. The molecule has 0 unspecified atom stereocenters. The number of rotatable bonds is 5. The molecule has 0 aromatic heterocycles. The molecule has 0 atom stereocenters. The highest BCUT2D eigenvalue weighted by Crippen LogP contribution is 2.24. The molecule has 0 radical (unpaired) electrons. The van der Waals surface area contributed by atoms with Gasteiger partial charge in [0.2, 0.25) is 0 Å². The van der Waals surface area contributed by atoms with Gasteiger partial charge in [0.05, 0.1) is 6.00 Å². The lowest BCUT2D eigenvalue weighted by molar-refractivity contribution is 0.489. The Hall–Kier alpha value is -0.530. The summed E-state index contributed by atoms with van der Waals surface area (Å²) in [6.07, 6.45) is 0. The van der Waals surface area contributed by atoms with E-state index in [1.807, 2.05) is 0 Å². The molecule has 2 heteroatoms. The van der Waals surface area contributed by atoms with E-state index in [0.29, 0.717) is 11.9 Å². The van der Waals surface area contributed by atoms with Gasteiger partial charge in [-0.15, -0.1) is 11.6 Å². The summed E-state index contributed by atoms with van der Waals surface area (Å²) in [5, 5.41) is 3.19. The Labute approximate surface area is 104 Å². The van der Waals surface area contributed by atoms with Gasteiger partial charge >= 0.3 is 0 Å². The fourth-order valence-corrected chi connectivity index (χ4v) is 1.88. The fourth-order valence-electron chi connectivity index (χ4n) is 1.78. The molecular formula is C14H22ClN. The van der Waals surface area contributed by atoms with Crippen LogP contribution in [0.3, 0.4) is 0 Å². The van der Waals surface area contributed by atoms with Gasteiger partial charge in [0.15, 0.2) is 0 Å². The lowest BCUT2D eigenvalue weighted by Gasteiger charge is -2.25. The van der Waals surface area contributed by atoms with Crippen LogP contribution in [0.4, 0.5) is 0 Å². The minimum atomic E-state index is 0.129. The molecule has 0 saturated heterocycles. The summed E-state index contributed by atoms with van der Waals surface area (Å²) < 4.78 is 0. The van der Waals surface area contributed by atoms with Crippen molar-refractivity contribution in [3.63, 3.8) is 0 Å². The summed E-state index contributed by atoms with van der Waals surface area (Å²) in [5.74, 6) is 0.595. The minimum Gasteiger partial charge on any atom is -0.303 e. The lowest BCUT2D eigenvalue weighted by Crippen LogP contribution is -2.32. The SMILES string of the molecule is CC(C)c1ccc(C(C)(C)CNCCl)cc1. The van der Waals surface area contributed by atoms with Crippen molar-refractivity contribution in [2.45, 2.75) is 39.0 Å². The Balaban J connectivity index is 2.79. The summed E-state index contributed by atoms with van der Waals surface area (Å²) in [5.41, 5.74) is 2.88. The molecule has 0 saturated carbocycles. The Morgan fingerprint density at radius 1 is 1.19 bits per heavy atom. The van der Waals surface area contributed by atoms with Gasteiger partial charge in [-0.2, -0.15) is 0 Å². The van der Waals surface area contributed by atoms with E-state index in [9.17, 15) is 0 Å². The number of hydrogen-bond acceptors (Lipinski definition) is 1. The highest BCUT2D eigenvalue weighted by molar-refractivity contribution is 6.17. The largest absolute Gasteiger partial charge is 0.303 e. The van der Waals surface area contributed by atoms with Crippen LogP contribution >= 0.6 is 11.6 Å². The molecule has 0 aliphatic heterocycles. The third-order valence-electron chi connectivity index (χ3n) is 3.02. The zero-order valence-corrected chi connectivity index (χ0v) is 11.4. The van der Waals surface area contributed by atoms with Crippen LogP contribution in [0.5, 0.6) is 0 Å². The van der Waals surface area contributed by atoms with Crippen molar-refractivity contribution in [3.05, 3.63) is 35.4 Å². The molecule has 0 heterocycles. The predicted octanol–water partition coefficient (Wildman–Crippen LogP) is 3.87. The quantitative estimate of drug-likeness (QED) is 0.608. The van der Waals surface area contributed by atoms with Crippen molar-refractivity contribution >= 4 is 11.6 Å². The zero-order chi connectivity index (χ0) is 12.2. The summed E-state index contributed by atoms with van der Waals surface area (Å²) in [6, 6.07) is 9.41. The van der Waals surface area contributed by atoms with E-state index >= 15 is 0 Å². The van der Waals surface area contributed by atoms with Crippen LogP contribution in [-0.4, -0.2) is 12.5 Å². The first-order chi connectivity index (χ1) is 7.47. The average molecular weight is 240 g/mol. The summed E-state index contributed by atoms with van der Waals surface area (Å²) in [4.78, 5) is 0.